The van der Waals surface area contributed by atoms with Gasteiger partial charge in [0.2, 0.25) is 70.9 Å². The van der Waals surface area contributed by atoms with E-state index >= 15 is 0 Å². The molecular formula is C109H100F10N12O12. The van der Waals surface area contributed by atoms with Gasteiger partial charge in [0, 0.05) is 88.9 Å². The Morgan fingerprint density at radius 2 is 0.497 bits per heavy atom. The maximum atomic E-state index is 13.8. The summed E-state index contributed by atoms with van der Waals surface area (Å²) < 4.78 is 135. The molecule has 12 aromatic carbocycles. The summed E-state index contributed by atoms with van der Waals surface area (Å²) in [6.07, 6.45) is 0. The number of anilines is 6. The molecule has 6 aliphatic rings. The van der Waals surface area contributed by atoms with Gasteiger partial charge < -0.3 is 63.0 Å². The summed E-state index contributed by atoms with van der Waals surface area (Å²) in [6.45, 7) is 11.9. The van der Waals surface area contributed by atoms with E-state index in [1.54, 1.807) is 84.6 Å². The van der Waals surface area contributed by atoms with E-state index in [9.17, 15) is 101 Å². The first kappa shape index (κ1) is 104. The van der Waals surface area contributed by atoms with Crippen molar-refractivity contribution in [3.8, 4) is 0 Å². The maximum Gasteiger partial charge on any atom is 0.237 e. The van der Waals surface area contributed by atoms with Crippen LogP contribution in [0.5, 0.6) is 0 Å². The van der Waals surface area contributed by atoms with Crippen LogP contribution in [0.4, 0.5) is 78.0 Å². The van der Waals surface area contributed by atoms with E-state index in [1.165, 1.54) is 78.9 Å². The van der Waals surface area contributed by atoms with Gasteiger partial charge in [0.05, 0.1) is 34.1 Å². The summed E-state index contributed by atoms with van der Waals surface area (Å²) in [7, 11) is 3.36. The SMILES string of the molecule is Cc1ccc(C2CN(C)C(=O)C2C(=O)Nc2ccccc2F)cc1.Cc1cccc(C2CN(C)C(=O)C2C(=O)Nc2ccccc2F)c1.Cc1cccc(C2CNC(=O)C2C(=O)Nc2ccc(F)c(F)c2F)c1.Cc1cccc(C2CNC(=O)C2C(=O)Nc2cccc(F)c2F)c1.Cc1cccc(C2CNC(=O)C2C(=O)Nc2ccccc2F)c1.O=C1NCC(c2ccc(F)cc2)C1C(=O)Nc1ccccc1F. The lowest BCUT2D eigenvalue weighted by atomic mass is 9.87. The Labute approximate surface area is 816 Å². The van der Waals surface area contributed by atoms with E-state index < -0.39 is 164 Å². The van der Waals surface area contributed by atoms with Crippen LogP contribution >= 0.6 is 0 Å². The Kier molecular flexibility index (Phi) is 34.2. The molecule has 24 nitrogen and oxygen atoms in total. The number of amides is 12. The zero-order valence-corrected chi connectivity index (χ0v) is 78.2. The second kappa shape index (κ2) is 47.0. The molecule has 10 N–H and O–H groups in total. The van der Waals surface area contributed by atoms with Crippen LogP contribution in [0.2, 0.25) is 0 Å². The maximum absolute atomic E-state index is 13.8. The predicted molar refractivity (Wildman–Crippen MR) is 517 cm³/mol. The zero-order valence-electron chi connectivity index (χ0n) is 78.2. The fourth-order valence-corrected chi connectivity index (χ4v) is 17.8. The van der Waals surface area contributed by atoms with Crippen LogP contribution in [-0.4, -0.2) is 134 Å². The zero-order chi connectivity index (χ0) is 103. The van der Waals surface area contributed by atoms with Crippen molar-refractivity contribution in [3.05, 3.63) is 392 Å². The lowest BCUT2D eigenvalue weighted by Crippen LogP contribution is -2.33. The largest absolute Gasteiger partial charge is 0.355 e. The average Bonchev–Trinajstić information content (AvgIpc) is 1.66. The van der Waals surface area contributed by atoms with Crippen molar-refractivity contribution in [2.45, 2.75) is 70.1 Å². The molecule has 6 fully saturated rings. The van der Waals surface area contributed by atoms with Crippen LogP contribution in [0.1, 0.15) is 96.7 Å². The molecule has 12 amide bonds. The molecule has 0 saturated carbocycles. The number of carbonyl (C=O) groups excluding carboxylic acids is 12. The number of hydrogen-bond acceptors (Lipinski definition) is 12. The fraction of sp³-hybridized carbons (Fsp3) is 0.229. The first-order valence-corrected chi connectivity index (χ1v) is 45.5. The molecule has 6 aliphatic heterocycles. The molecule has 0 spiro atoms. The van der Waals surface area contributed by atoms with Crippen LogP contribution < -0.4 is 53.2 Å². The van der Waals surface area contributed by atoms with Gasteiger partial charge in [-0.1, -0.05) is 216 Å². The summed E-state index contributed by atoms with van der Waals surface area (Å²) in [5, 5.41) is 25.2. The van der Waals surface area contributed by atoms with Gasteiger partial charge in [-0.15, -0.1) is 0 Å². The Hall–Kier alpha value is -16.4. The van der Waals surface area contributed by atoms with Crippen LogP contribution in [0.15, 0.2) is 273 Å². The molecule has 0 bridgehead atoms. The molecule has 738 valence electrons. The summed E-state index contributed by atoms with van der Waals surface area (Å²) in [5.41, 5.74) is 9.89. The highest BCUT2D eigenvalue weighted by molar-refractivity contribution is 6.13. The fourth-order valence-electron chi connectivity index (χ4n) is 17.8. The van der Waals surface area contributed by atoms with Gasteiger partial charge in [-0.05, 0) is 153 Å². The minimum Gasteiger partial charge on any atom is -0.355 e. The first-order chi connectivity index (χ1) is 68.4. The van der Waals surface area contributed by atoms with Gasteiger partial charge in [-0.2, -0.15) is 0 Å². The van der Waals surface area contributed by atoms with E-state index in [1.807, 2.05) is 150 Å². The Morgan fingerprint density at radius 3 is 0.825 bits per heavy atom. The topological polar surface area (TPSA) is 332 Å². The van der Waals surface area contributed by atoms with Crippen LogP contribution in [0, 0.1) is 128 Å². The van der Waals surface area contributed by atoms with Crippen molar-refractivity contribution in [1.82, 2.24) is 31.1 Å². The second-order valence-electron chi connectivity index (χ2n) is 35.2. The van der Waals surface area contributed by atoms with E-state index in [-0.39, 0.29) is 82.9 Å². The molecule has 0 aromatic heterocycles. The number of para-hydroxylation sites is 4. The molecule has 6 saturated heterocycles. The minimum absolute atomic E-state index is 0.0232. The van der Waals surface area contributed by atoms with E-state index in [2.05, 4.69) is 53.2 Å². The van der Waals surface area contributed by atoms with Gasteiger partial charge in [0.15, 0.2) is 29.1 Å². The van der Waals surface area contributed by atoms with Crippen LogP contribution in [0.3, 0.4) is 0 Å². The Balaban J connectivity index is 0.000000144. The number of likely N-dealkylation sites (tertiary alicyclic amines) is 2. The quantitative estimate of drug-likeness (QED) is 0.0218. The van der Waals surface area contributed by atoms with Crippen molar-refractivity contribution in [2.75, 3.05) is 85.3 Å². The van der Waals surface area contributed by atoms with Gasteiger partial charge in [-0.25, -0.2) is 43.9 Å². The molecule has 12 atom stereocenters. The number of halogens is 10. The molecule has 0 radical (unpaired) electrons. The normalized spacial score (nSPS) is 20.1. The van der Waals surface area contributed by atoms with Crippen molar-refractivity contribution < 1.29 is 101 Å². The number of rotatable bonds is 18. The van der Waals surface area contributed by atoms with Crippen molar-refractivity contribution >= 4 is 105 Å². The molecule has 12 aromatic rings. The third kappa shape index (κ3) is 25.4. The molecule has 0 aliphatic carbocycles. The molecule has 143 heavy (non-hydrogen) atoms. The van der Waals surface area contributed by atoms with E-state index in [4.69, 9.17) is 0 Å². The van der Waals surface area contributed by atoms with Crippen LogP contribution in [0.25, 0.3) is 0 Å². The number of nitrogens with one attached hydrogen (secondary N) is 10. The summed E-state index contributed by atoms with van der Waals surface area (Å²) in [4.78, 5) is 151. The minimum atomic E-state index is -1.68. The Morgan fingerprint density at radius 1 is 0.245 bits per heavy atom. The van der Waals surface area contributed by atoms with Crippen molar-refractivity contribution in [2.24, 2.45) is 35.5 Å². The number of likely N-dealkylation sites (N-methyl/N-ethyl adjacent to an activating group) is 2. The van der Waals surface area contributed by atoms with Gasteiger partial charge in [-0.3, -0.25) is 57.5 Å². The lowest BCUT2D eigenvalue weighted by Gasteiger charge is -2.17. The van der Waals surface area contributed by atoms with Crippen molar-refractivity contribution in [1.29, 1.82) is 0 Å². The second-order valence-corrected chi connectivity index (χ2v) is 35.2. The monoisotopic (exact) mass is 1960 g/mol. The highest BCUT2D eigenvalue weighted by atomic mass is 19.2. The first-order valence-electron chi connectivity index (χ1n) is 45.5. The Bertz CT molecular complexity index is 6800. The number of benzene rings is 12. The standard InChI is InChI=1S/2C19H19FN2O2.C18H15F3N2O2.C18H16F2N2O2.C18H17FN2O2.C17H14F2N2O2/c1-12-6-5-7-13(10-12)14-11-22(2)19(24)17(14)18(23)21-16-9-4-3-8-15(16)20;1-12-7-9-13(10-8-12)14-11-22(2)19(24)17(14)18(23)21-16-6-4-3-5-15(16)20;1-9-3-2-4-10(7-9)11-8-22-17(24)14(11)18(25)23-13-6-5-12(19)15(20)16(13)21;1-10-4-2-5-11(8-10)12-9-21-17(23)15(12)18(24)22-14-7-3-6-13(19)16(14)20;1-11-5-4-6-12(9-11)13-10-20-17(22)16(13)18(23)21-15-8-3-2-7-14(15)19;18-11-7-5-10(6-8-11)12-9-20-16(22)15(12)17(23)21-14-4-2-1-3-13(14)19/h2*3-10,14,17H,11H2,1-2H3,(H,21,23);2-7,11,14H,8H2,1H3,(H,22,24)(H,23,25);2-8,12,15H,9H2,1H3,(H,21,23)(H,22,24);2-9,13,16H,10H2,1H3,(H,20,22)(H,21,23);1-8,12,15H,9H2,(H,20,22)(H,21,23). The highest BCUT2D eigenvalue weighted by Crippen LogP contribution is 2.40. The predicted octanol–water partition coefficient (Wildman–Crippen LogP) is 16.5. The van der Waals surface area contributed by atoms with Gasteiger partial charge >= 0.3 is 0 Å². The van der Waals surface area contributed by atoms with Gasteiger partial charge in [0.25, 0.3) is 0 Å². The smallest absolute Gasteiger partial charge is 0.237 e. The third-order valence-corrected chi connectivity index (χ3v) is 25.2. The molecule has 34 heteroatoms. The third-order valence-electron chi connectivity index (χ3n) is 25.2. The molecular weight excluding hydrogens is 1860 g/mol. The van der Waals surface area contributed by atoms with Crippen molar-refractivity contribution in [3.63, 3.8) is 0 Å². The summed E-state index contributed by atoms with van der Waals surface area (Å²) in [5.74, 6) is -22.4. The number of hydrogen-bond donors (Lipinski definition) is 10. The molecule has 12 unspecified atom stereocenters. The highest BCUT2D eigenvalue weighted by Gasteiger charge is 2.49. The van der Waals surface area contributed by atoms with E-state index in [0.717, 1.165) is 67.8 Å². The summed E-state index contributed by atoms with van der Waals surface area (Å²) in [6, 6.07) is 72.6. The van der Waals surface area contributed by atoms with Gasteiger partial charge in [0.1, 0.15) is 64.6 Å². The lowest BCUT2D eigenvalue weighted by molar-refractivity contribution is -0.136. The van der Waals surface area contributed by atoms with Crippen LogP contribution in [-0.2, 0) is 57.5 Å². The molecule has 6 heterocycles. The molecule has 18 rings (SSSR count). The number of aryl methyl sites for hydroxylation is 5. The summed E-state index contributed by atoms with van der Waals surface area (Å²) >= 11 is 0. The van der Waals surface area contributed by atoms with E-state index in [0.29, 0.717) is 37.8 Å². The average molecular weight is 1960 g/mol. The number of carbonyl (C=O) groups is 12. The number of nitrogens with zero attached hydrogens (tertiary/aromatic N) is 2.